The number of nitrogens with zero attached hydrogens (tertiary/aromatic N) is 6. The summed E-state index contributed by atoms with van der Waals surface area (Å²) in [6.07, 6.45) is 1.53. The molecule has 0 bridgehead atoms. The quantitative estimate of drug-likeness (QED) is 0.446. The fourth-order valence-electron chi connectivity index (χ4n) is 3.63. The Morgan fingerprint density at radius 1 is 1.16 bits per heavy atom. The molecule has 1 aliphatic rings. The maximum absolute atomic E-state index is 13.4. The summed E-state index contributed by atoms with van der Waals surface area (Å²) in [6, 6.07) is 14.4. The summed E-state index contributed by atoms with van der Waals surface area (Å²) in [7, 11) is 3.80. The highest BCUT2D eigenvalue weighted by molar-refractivity contribution is 7.99. The number of nitro benzene ring substituents is 1. The van der Waals surface area contributed by atoms with Gasteiger partial charge in [-0.3, -0.25) is 14.9 Å². The molecule has 0 saturated carbocycles. The highest BCUT2D eigenvalue weighted by Gasteiger charge is 2.32. The van der Waals surface area contributed by atoms with E-state index in [0.29, 0.717) is 28.7 Å². The molecular weight excluding hydrogens is 416 g/mol. The average molecular weight is 439 g/mol. The molecule has 31 heavy (non-hydrogen) atoms. The zero-order valence-electron chi connectivity index (χ0n) is 17.2. The Labute approximate surface area is 183 Å². The molecule has 0 aliphatic carbocycles. The van der Waals surface area contributed by atoms with E-state index in [1.54, 1.807) is 23.7 Å². The standard InChI is InChI=1S/C21H22N6O3S/c1-24-10-11-26(18(13-24)15-6-4-3-5-7-15)20(28)16-8-9-19(17(12-16)27(29)30)31-21-23-22-14-25(21)2/h3-9,12,14,18H,10-11,13H2,1-2H3. The molecule has 2 heterocycles. The highest BCUT2D eigenvalue weighted by atomic mass is 32.2. The van der Waals surface area contributed by atoms with E-state index in [0.717, 1.165) is 23.9 Å². The number of nitro groups is 1. The van der Waals surface area contributed by atoms with Crippen LogP contribution in [0, 0.1) is 10.1 Å². The number of aryl methyl sites for hydroxylation is 1. The summed E-state index contributed by atoms with van der Waals surface area (Å²) < 4.78 is 1.68. The molecule has 1 saturated heterocycles. The monoisotopic (exact) mass is 438 g/mol. The van der Waals surface area contributed by atoms with Gasteiger partial charge in [0.1, 0.15) is 6.33 Å². The Hall–Kier alpha value is -3.24. The molecule has 0 radical (unpaired) electrons. The van der Waals surface area contributed by atoms with E-state index in [1.807, 2.05) is 42.3 Å². The van der Waals surface area contributed by atoms with Crippen molar-refractivity contribution in [1.29, 1.82) is 0 Å². The van der Waals surface area contributed by atoms with Gasteiger partial charge in [0.25, 0.3) is 11.6 Å². The van der Waals surface area contributed by atoms with Gasteiger partial charge in [-0.2, -0.15) is 0 Å². The van der Waals surface area contributed by atoms with Crippen LogP contribution in [0.4, 0.5) is 5.69 Å². The maximum Gasteiger partial charge on any atom is 0.284 e. The van der Waals surface area contributed by atoms with Gasteiger partial charge in [-0.1, -0.05) is 30.3 Å². The lowest BCUT2D eigenvalue weighted by atomic mass is 10.0. The van der Waals surface area contributed by atoms with Gasteiger partial charge in [0.15, 0.2) is 5.16 Å². The van der Waals surface area contributed by atoms with Gasteiger partial charge in [0.2, 0.25) is 0 Å². The Morgan fingerprint density at radius 2 is 1.94 bits per heavy atom. The smallest absolute Gasteiger partial charge is 0.284 e. The number of carbonyl (C=O) groups is 1. The molecule has 160 valence electrons. The fraction of sp³-hybridized carbons (Fsp3) is 0.286. The molecule has 0 N–H and O–H groups in total. The first-order valence-electron chi connectivity index (χ1n) is 9.79. The van der Waals surface area contributed by atoms with Crippen LogP contribution in [-0.4, -0.2) is 62.1 Å². The summed E-state index contributed by atoms with van der Waals surface area (Å²) in [6.45, 7) is 2.01. The Morgan fingerprint density at radius 3 is 2.61 bits per heavy atom. The van der Waals surface area contributed by atoms with Gasteiger partial charge in [-0.05, 0) is 36.5 Å². The van der Waals surface area contributed by atoms with Crippen LogP contribution in [0.25, 0.3) is 0 Å². The number of carbonyl (C=O) groups excluding carboxylic acids is 1. The summed E-state index contributed by atoms with van der Waals surface area (Å²) in [5, 5.41) is 20.0. The second-order valence-electron chi connectivity index (χ2n) is 7.45. The van der Waals surface area contributed by atoms with Crippen molar-refractivity contribution in [1.82, 2.24) is 24.6 Å². The van der Waals surface area contributed by atoms with Crippen LogP contribution in [0.1, 0.15) is 22.0 Å². The average Bonchev–Trinajstić information content (AvgIpc) is 3.18. The third-order valence-corrected chi connectivity index (χ3v) is 6.42. The summed E-state index contributed by atoms with van der Waals surface area (Å²) in [4.78, 5) is 29.1. The molecular formula is C21H22N6O3S. The molecule has 3 aromatic rings. The third kappa shape index (κ3) is 4.44. The van der Waals surface area contributed by atoms with Crippen molar-refractivity contribution < 1.29 is 9.72 Å². The molecule has 1 aliphatic heterocycles. The minimum absolute atomic E-state index is 0.112. The Bertz CT molecular complexity index is 1100. The van der Waals surface area contributed by atoms with Gasteiger partial charge in [0.05, 0.1) is 15.9 Å². The third-order valence-electron chi connectivity index (χ3n) is 5.30. The van der Waals surface area contributed by atoms with Crippen LogP contribution in [0.5, 0.6) is 0 Å². The summed E-state index contributed by atoms with van der Waals surface area (Å²) in [5.74, 6) is -0.208. The first kappa shape index (κ1) is 21.0. The number of piperazine rings is 1. The van der Waals surface area contributed by atoms with Crippen molar-refractivity contribution in [3.05, 3.63) is 76.1 Å². The Balaban J connectivity index is 1.65. The zero-order valence-corrected chi connectivity index (χ0v) is 18.0. The number of hydrogen-bond donors (Lipinski definition) is 0. The molecule has 4 rings (SSSR count). The number of likely N-dealkylation sites (N-methyl/N-ethyl adjacent to an activating group) is 1. The van der Waals surface area contributed by atoms with Gasteiger partial charge in [-0.15, -0.1) is 10.2 Å². The van der Waals surface area contributed by atoms with Crippen LogP contribution in [0.2, 0.25) is 0 Å². The highest BCUT2D eigenvalue weighted by Crippen LogP contribution is 2.35. The molecule has 1 unspecified atom stereocenters. The van der Waals surface area contributed by atoms with E-state index in [4.69, 9.17) is 0 Å². The SMILES string of the molecule is CN1CCN(C(=O)c2ccc(Sc3nncn3C)c([N+](=O)[O-])c2)C(c2ccccc2)C1. The Kier molecular flexibility index (Phi) is 6.01. The van der Waals surface area contributed by atoms with Crippen LogP contribution in [-0.2, 0) is 7.05 Å². The van der Waals surface area contributed by atoms with Crippen molar-refractivity contribution in [3.8, 4) is 0 Å². The topological polar surface area (TPSA) is 97.4 Å². The number of hydrogen-bond acceptors (Lipinski definition) is 7. The van der Waals surface area contributed by atoms with Crippen molar-refractivity contribution >= 4 is 23.4 Å². The molecule has 2 aromatic carbocycles. The van der Waals surface area contributed by atoms with Crippen LogP contribution in [0.15, 0.2) is 64.9 Å². The second-order valence-corrected chi connectivity index (χ2v) is 8.46. The van der Waals surface area contributed by atoms with Crippen molar-refractivity contribution in [2.45, 2.75) is 16.1 Å². The predicted octanol–water partition coefficient (Wildman–Crippen LogP) is 3.00. The minimum atomic E-state index is -0.464. The molecule has 9 nitrogen and oxygen atoms in total. The predicted molar refractivity (Wildman–Crippen MR) is 116 cm³/mol. The van der Waals surface area contributed by atoms with Crippen molar-refractivity contribution in [2.24, 2.45) is 7.05 Å². The van der Waals surface area contributed by atoms with Crippen molar-refractivity contribution in [2.75, 3.05) is 26.7 Å². The molecule has 1 atom stereocenters. The van der Waals surface area contributed by atoms with Gasteiger partial charge >= 0.3 is 0 Å². The zero-order chi connectivity index (χ0) is 22.0. The van der Waals surface area contributed by atoms with Crippen LogP contribution < -0.4 is 0 Å². The molecule has 0 spiro atoms. The minimum Gasteiger partial charge on any atom is -0.329 e. The first-order chi connectivity index (χ1) is 14.9. The van der Waals surface area contributed by atoms with Gasteiger partial charge in [-0.25, -0.2) is 0 Å². The van der Waals surface area contributed by atoms with E-state index in [2.05, 4.69) is 15.1 Å². The van der Waals surface area contributed by atoms with Gasteiger partial charge < -0.3 is 14.4 Å². The van der Waals surface area contributed by atoms with E-state index >= 15 is 0 Å². The number of benzene rings is 2. The maximum atomic E-state index is 13.4. The van der Waals surface area contributed by atoms with Gasteiger partial charge in [0, 0.05) is 38.3 Å². The van der Waals surface area contributed by atoms with E-state index in [1.165, 1.54) is 12.4 Å². The number of aromatic nitrogens is 3. The number of amides is 1. The van der Waals surface area contributed by atoms with E-state index in [9.17, 15) is 14.9 Å². The molecule has 10 heteroatoms. The van der Waals surface area contributed by atoms with Crippen molar-refractivity contribution in [3.63, 3.8) is 0 Å². The lowest BCUT2D eigenvalue weighted by Gasteiger charge is -2.40. The van der Waals surface area contributed by atoms with E-state index < -0.39 is 4.92 Å². The molecule has 1 aromatic heterocycles. The molecule has 1 amide bonds. The normalized spacial score (nSPS) is 17.0. The van der Waals surface area contributed by atoms with Crippen LogP contribution in [0.3, 0.4) is 0 Å². The second kappa shape index (κ2) is 8.86. The largest absolute Gasteiger partial charge is 0.329 e. The molecule has 1 fully saturated rings. The van der Waals surface area contributed by atoms with E-state index in [-0.39, 0.29) is 17.6 Å². The lowest BCUT2D eigenvalue weighted by Crippen LogP contribution is -2.49. The lowest BCUT2D eigenvalue weighted by molar-refractivity contribution is -0.387. The summed E-state index contributed by atoms with van der Waals surface area (Å²) >= 11 is 1.15. The number of rotatable bonds is 5. The first-order valence-corrected chi connectivity index (χ1v) is 10.6. The fourth-order valence-corrected chi connectivity index (χ4v) is 4.48. The van der Waals surface area contributed by atoms with Crippen LogP contribution >= 0.6 is 11.8 Å². The summed E-state index contributed by atoms with van der Waals surface area (Å²) in [5.41, 5.74) is 1.23.